The van der Waals surface area contributed by atoms with Gasteiger partial charge in [-0.25, -0.2) is 0 Å². The molecule has 0 saturated heterocycles. The molecule has 3 heteroatoms. The van der Waals surface area contributed by atoms with Gasteiger partial charge in [-0.2, -0.15) is 0 Å². The summed E-state index contributed by atoms with van der Waals surface area (Å²) in [6.45, 7) is 0. The Hall–Kier alpha value is -3.46. The predicted octanol–water partition coefficient (Wildman–Crippen LogP) is 7.19. The Morgan fingerprint density at radius 2 is 1.39 bits per heavy atom. The van der Waals surface area contributed by atoms with Crippen molar-refractivity contribution in [1.29, 1.82) is 0 Å². The van der Waals surface area contributed by atoms with Crippen molar-refractivity contribution >= 4 is 0 Å². The summed E-state index contributed by atoms with van der Waals surface area (Å²) in [5, 5.41) is 0. The molecule has 2 aromatic heterocycles. The van der Waals surface area contributed by atoms with E-state index in [-0.39, 0.29) is 5.41 Å². The highest BCUT2D eigenvalue weighted by atomic mass is 16.5. The lowest BCUT2D eigenvalue weighted by atomic mass is 9.67. The first-order valence-electron chi connectivity index (χ1n) is 11.0. The number of hydrogen-bond acceptors (Lipinski definition) is 3. The van der Waals surface area contributed by atoms with E-state index in [1.807, 2.05) is 60.9 Å². The summed E-state index contributed by atoms with van der Waals surface area (Å²) >= 11 is 0. The van der Waals surface area contributed by atoms with Crippen LogP contribution >= 0.6 is 0 Å². The van der Waals surface area contributed by atoms with Crippen molar-refractivity contribution in [1.82, 2.24) is 9.97 Å². The van der Waals surface area contributed by atoms with E-state index in [9.17, 15) is 0 Å². The molecule has 2 heterocycles. The molecule has 1 aliphatic rings. The molecule has 1 saturated carbocycles. The number of pyridine rings is 2. The highest BCUT2D eigenvalue weighted by molar-refractivity contribution is 5.61. The maximum Gasteiger partial charge on any atom is 0.128 e. The van der Waals surface area contributed by atoms with Crippen LogP contribution in [0.2, 0.25) is 0 Å². The summed E-state index contributed by atoms with van der Waals surface area (Å²) in [6, 6.07) is 28.9. The number of hydrogen-bond donors (Lipinski definition) is 0. The molecular formula is C28H26N2O. The average Bonchev–Trinajstić information content (AvgIpc) is 2.86. The molecule has 0 spiro atoms. The van der Waals surface area contributed by atoms with Crippen LogP contribution in [0.3, 0.4) is 0 Å². The van der Waals surface area contributed by atoms with Crippen LogP contribution in [-0.4, -0.2) is 9.97 Å². The quantitative estimate of drug-likeness (QED) is 0.352. The molecule has 31 heavy (non-hydrogen) atoms. The van der Waals surface area contributed by atoms with Gasteiger partial charge in [-0.15, -0.1) is 0 Å². The summed E-state index contributed by atoms with van der Waals surface area (Å²) in [6.07, 6.45) is 9.74. The first kappa shape index (κ1) is 19.5. The second-order valence-corrected chi connectivity index (χ2v) is 8.23. The molecule has 0 N–H and O–H groups in total. The SMILES string of the molecule is c1ccc(-c2cccc(Oc3cccc(C4(c5ccccn5)CCCCC4)c3)c2)nc1. The van der Waals surface area contributed by atoms with Gasteiger partial charge in [-0.3, -0.25) is 9.97 Å². The van der Waals surface area contributed by atoms with Crippen LogP contribution in [0.5, 0.6) is 11.5 Å². The fourth-order valence-electron chi connectivity index (χ4n) is 4.74. The molecule has 0 aliphatic heterocycles. The second kappa shape index (κ2) is 8.73. The topological polar surface area (TPSA) is 35.0 Å². The van der Waals surface area contributed by atoms with Gasteiger partial charge in [0.05, 0.1) is 11.4 Å². The van der Waals surface area contributed by atoms with Crippen LogP contribution in [0.1, 0.15) is 43.4 Å². The fraction of sp³-hybridized carbons (Fsp3) is 0.214. The fourth-order valence-corrected chi connectivity index (χ4v) is 4.74. The van der Waals surface area contributed by atoms with Crippen LogP contribution in [-0.2, 0) is 5.41 Å². The highest BCUT2D eigenvalue weighted by Gasteiger charge is 2.37. The maximum absolute atomic E-state index is 6.30. The minimum absolute atomic E-state index is 0.0330. The Bertz CT molecular complexity index is 1140. The lowest BCUT2D eigenvalue weighted by Gasteiger charge is -2.37. The monoisotopic (exact) mass is 406 g/mol. The molecule has 0 atom stereocenters. The van der Waals surface area contributed by atoms with Crippen LogP contribution in [0.4, 0.5) is 0 Å². The summed E-state index contributed by atoms with van der Waals surface area (Å²) in [5.74, 6) is 1.67. The number of ether oxygens (including phenoxy) is 1. The van der Waals surface area contributed by atoms with Gasteiger partial charge < -0.3 is 4.74 Å². The van der Waals surface area contributed by atoms with Crippen molar-refractivity contribution < 1.29 is 4.74 Å². The van der Waals surface area contributed by atoms with E-state index in [1.165, 1.54) is 30.5 Å². The summed E-state index contributed by atoms with van der Waals surface area (Å²) in [5.41, 5.74) is 4.42. The van der Waals surface area contributed by atoms with E-state index in [0.717, 1.165) is 35.6 Å². The molecule has 154 valence electrons. The third-order valence-electron chi connectivity index (χ3n) is 6.28. The Kier molecular flexibility index (Phi) is 5.49. The smallest absolute Gasteiger partial charge is 0.128 e. The number of aromatic nitrogens is 2. The number of rotatable bonds is 5. The largest absolute Gasteiger partial charge is 0.457 e. The predicted molar refractivity (Wildman–Crippen MR) is 124 cm³/mol. The Morgan fingerprint density at radius 1 is 0.645 bits per heavy atom. The zero-order valence-electron chi connectivity index (χ0n) is 17.6. The average molecular weight is 407 g/mol. The molecule has 3 nitrogen and oxygen atoms in total. The van der Waals surface area contributed by atoms with Gasteiger partial charge >= 0.3 is 0 Å². The molecular weight excluding hydrogens is 380 g/mol. The molecule has 4 aromatic rings. The van der Waals surface area contributed by atoms with Gasteiger partial charge in [0.1, 0.15) is 11.5 Å². The normalized spacial score (nSPS) is 15.4. The molecule has 0 unspecified atom stereocenters. The van der Waals surface area contributed by atoms with Gasteiger partial charge in [0.2, 0.25) is 0 Å². The first-order chi connectivity index (χ1) is 15.3. The molecule has 0 bridgehead atoms. The van der Waals surface area contributed by atoms with E-state index < -0.39 is 0 Å². The highest BCUT2D eigenvalue weighted by Crippen LogP contribution is 2.45. The van der Waals surface area contributed by atoms with Crippen LogP contribution in [0.15, 0.2) is 97.3 Å². The van der Waals surface area contributed by atoms with Crippen molar-refractivity contribution in [3.05, 3.63) is 109 Å². The minimum atomic E-state index is -0.0330. The molecule has 5 rings (SSSR count). The maximum atomic E-state index is 6.30. The van der Waals surface area contributed by atoms with Gasteiger partial charge in [-0.1, -0.05) is 55.7 Å². The summed E-state index contributed by atoms with van der Waals surface area (Å²) in [4.78, 5) is 9.21. The molecule has 0 amide bonds. The Morgan fingerprint density at radius 3 is 2.13 bits per heavy atom. The van der Waals surface area contributed by atoms with E-state index in [4.69, 9.17) is 9.72 Å². The van der Waals surface area contributed by atoms with E-state index in [1.54, 1.807) is 0 Å². The molecule has 1 aliphatic carbocycles. The number of nitrogens with zero attached hydrogens (tertiary/aromatic N) is 2. The van der Waals surface area contributed by atoms with Gasteiger partial charge in [0, 0.05) is 23.4 Å². The molecule has 0 radical (unpaired) electrons. The second-order valence-electron chi connectivity index (χ2n) is 8.23. The van der Waals surface area contributed by atoms with Crippen molar-refractivity contribution in [3.63, 3.8) is 0 Å². The first-order valence-corrected chi connectivity index (χ1v) is 11.0. The lowest BCUT2D eigenvalue weighted by molar-refractivity contribution is 0.337. The summed E-state index contributed by atoms with van der Waals surface area (Å²) in [7, 11) is 0. The van der Waals surface area contributed by atoms with Crippen molar-refractivity contribution in [2.75, 3.05) is 0 Å². The third-order valence-corrected chi connectivity index (χ3v) is 6.28. The van der Waals surface area contributed by atoms with E-state index in [2.05, 4.69) is 41.4 Å². The lowest BCUT2D eigenvalue weighted by Crippen LogP contribution is -2.31. The summed E-state index contributed by atoms with van der Waals surface area (Å²) < 4.78 is 6.30. The standard InChI is InChI=1S/C28H26N2O/c1-4-16-28(17-5-1,27-15-3-7-19-30-27)23-11-9-13-25(21-23)31-24-12-8-10-22(20-24)26-14-2-6-18-29-26/h2-3,6-15,18-21H,1,4-5,16-17H2. The third kappa shape index (κ3) is 4.09. The van der Waals surface area contributed by atoms with Crippen LogP contribution in [0.25, 0.3) is 11.3 Å². The van der Waals surface area contributed by atoms with E-state index in [0.29, 0.717) is 0 Å². The zero-order valence-corrected chi connectivity index (χ0v) is 17.6. The van der Waals surface area contributed by atoms with Crippen molar-refractivity contribution in [2.24, 2.45) is 0 Å². The molecule has 2 aromatic carbocycles. The Balaban J connectivity index is 1.47. The van der Waals surface area contributed by atoms with Gasteiger partial charge in [0.25, 0.3) is 0 Å². The zero-order chi connectivity index (χ0) is 20.9. The number of benzene rings is 2. The van der Waals surface area contributed by atoms with Crippen LogP contribution < -0.4 is 4.74 Å². The Labute approximate surface area is 183 Å². The van der Waals surface area contributed by atoms with Crippen molar-refractivity contribution in [2.45, 2.75) is 37.5 Å². The van der Waals surface area contributed by atoms with Gasteiger partial charge in [-0.05, 0) is 66.9 Å². The van der Waals surface area contributed by atoms with Crippen molar-refractivity contribution in [3.8, 4) is 22.8 Å². The van der Waals surface area contributed by atoms with Crippen LogP contribution in [0, 0.1) is 0 Å². The molecule has 1 fully saturated rings. The van der Waals surface area contributed by atoms with Gasteiger partial charge in [0.15, 0.2) is 0 Å². The minimum Gasteiger partial charge on any atom is -0.457 e. The van der Waals surface area contributed by atoms with E-state index >= 15 is 0 Å².